The summed E-state index contributed by atoms with van der Waals surface area (Å²) in [6, 6.07) is 8.35. The van der Waals surface area contributed by atoms with Gasteiger partial charge in [0.05, 0.1) is 7.11 Å². The van der Waals surface area contributed by atoms with Gasteiger partial charge in [0.25, 0.3) is 0 Å². The Kier molecular flexibility index (Phi) is 3.55. The molecule has 3 rings (SSSR count). The summed E-state index contributed by atoms with van der Waals surface area (Å²) in [7, 11) is 3.89. The largest absolute Gasteiger partial charge is 0.497 e. The van der Waals surface area contributed by atoms with Gasteiger partial charge < -0.3 is 9.64 Å². The highest BCUT2D eigenvalue weighted by Gasteiger charge is 2.47. The Morgan fingerprint density at radius 2 is 2.25 bits per heavy atom. The van der Waals surface area contributed by atoms with Gasteiger partial charge in [-0.25, -0.2) is 0 Å². The summed E-state index contributed by atoms with van der Waals surface area (Å²) >= 11 is 0. The van der Waals surface area contributed by atoms with E-state index in [4.69, 9.17) is 4.74 Å². The Hall–Kier alpha value is -1.35. The lowest BCUT2D eigenvalue weighted by atomic mass is 9.59. The number of nitrogens with zero attached hydrogens (tertiary/aromatic N) is 1. The smallest absolute Gasteiger partial charge is 0.133 e. The zero-order valence-corrected chi connectivity index (χ0v) is 12.4. The minimum atomic E-state index is 0.0381. The van der Waals surface area contributed by atoms with Crippen LogP contribution >= 0.6 is 0 Å². The van der Waals surface area contributed by atoms with Crippen LogP contribution in [0.15, 0.2) is 24.3 Å². The lowest BCUT2D eigenvalue weighted by molar-refractivity contribution is -0.124. The van der Waals surface area contributed by atoms with Crippen molar-refractivity contribution in [1.29, 1.82) is 0 Å². The summed E-state index contributed by atoms with van der Waals surface area (Å²) in [5, 5.41) is 0. The van der Waals surface area contributed by atoms with Crippen molar-refractivity contribution in [3.05, 3.63) is 29.8 Å². The van der Waals surface area contributed by atoms with Crippen molar-refractivity contribution < 1.29 is 9.53 Å². The summed E-state index contributed by atoms with van der Waals surface area (Å²) in [6.07, 6.45) is 3.57. The Labute approximate surface area is 120 Å². The predicted octanol–water partition coefficient (Wildman–Crippen LogP) is 2.64. The molecule has 1 aromatic rings. The van der Waals surface area contributed by atoms with Crippen LogP contribution in [0.2, 0.25) is 0 Å². The van der Waals surface area contributed by atoms with Crippen LogP contribution in [0.4, 0.5) is 0 Å². The fourth-order valence-corrected chi connectivity index (χ4v) is 4.03. The van der Waals surface area contributed by atoms with E-state index in [1.54, 1.807) is 7.11 Å². The number of carbonyl (C=O) groups is 1. The van der Waals surface area contributed by atoms with Crippen molar-refractivity contribution in [2.24, 2.45) is 5.92 Å². The Morgan fingerprint density at radius 3 is 3.05 bits per heavy atom. The molecule has 108 valence electrons. The number of hydrogen-bond acceptors (Lipinski definition) is 3. The van der Waals surface area contributed by atoms with Gasteiger partial charge in [-0.1, -0.05) is 12.1 Å². The van der Waals surface area contributed by atoms with Gasteiger partial charge in [-0.3, -0.25) is 4.79 Å². The molecule has 0 N–H and O–H groups in total. The number of ether oxygens (including phenoxy) is 1. The topological polar surface area (TPSA) is 29.5 Å². The number of likely N-dealkylation sites (tertiary alicyclic amines) is 1. The van der Waals surface area contributed by atoms with Crippen LogP contribution in [0.25, 0.3) is 0 Å². The van der Waals surface area contributed by atoms with E-state index in [-0.39, 0.29) is 5.41 Å². The van der Waals surface area contributed by atoms with Crippen LogP contribution < -0.4 is 4.74 Å². The zero-order chi connectivity index (χ0) is 14.2. The van der Waals surface area contributed by atoms with Crippen molar-refractivity contribution in [1.82, 2.24) is 4.90 Å². The number of rotatable bonds is 2. The average Bonchev–Trinajstić information content (AvgIpc) is 2.47. The summed E-state index contributed by atoms with van der Waals surface area (Å²) in [6.45, 7) is 2.17. The molecular formula is C17H23NO2. The Morgan fingerprint density at radius 1 is 1.40 bits per heavy atom. The van der Waals surface area contributed by atoms with Crippen molar-refractivity contribution in [2.45, 2.75) is 31.1 Å². The third kappa shape index (κ3) is 2.24. The highest BCUT2D eigenvalue weighted by atomic mass is 16.5. The number of ketones is 1. The molecule has 20 heavy (non-hydrogen) atoms. The Bertz CT molecular complexity index is 513. The van der Waals surface area contributed by atoms with Gasteiger partial charge in [0.1, 0.15) is 11.5 Å². The van der Waals surface area contributed by atoms with Crippen LogP contribution in [-0.4, -0.2) is 37.9 Å². The fraction of sp³-hybridized carbons (Fsp3) is 0.588. The zero-order valence-electron chi connectivity index (χ0n) is 12.4. The molecule has 0 bridgehead atoms. The molecule has 0 radical (unpaired) electrons. The lowest BCUT2D eigenvalue weighted by Gasteiger charge is -2.50. The summed E-state index contributed by atoms with van der Waals surface area (Å²) in [5.41, 5.74) is 1.33. The average molecular weight is 273 g/mol. The van der Waals surface area contributed by atoms with E-state index in [0.717, 1.165) is 38.1 Å². The molecule has 2 atom stereocenters. The number of piperidine rings is 1. The molecule has 0 aromatic heterocycles. The van der Waals surface area contributed by atoms with E-state index in [9.17, 15) is 4.79 Å². The van der Waals surface area contributed by atoms with E-state index in [2.05, 4.69) is 30.1 Å². The maximum atomic E-state index is 12.1. The van der Waals surface area contributed by atoms with Crippen molar-refractivity contribution in [2.75, 3.05) is 27.2 Å². The molecule has 0 unspecified atom stereocenters. The molecule has 1 aromatic carbocycles. The first kappa shape index (κ1) is 13.6. The van der Waals surface area contributed by atoms with Gasteiger partial charge in [0.15, 0.2) is 0 Å². The first-order valence-corrected chi connectivity index (χ1v) is 7.49. The SMILES string of the molecule is COc1cccc([C@]23CCN(C)C[C@@H]2CCC(=O)C3)c1. The highest BCUT2D eigenvalue weighted by Crippen LogP contribution is 2.48. The number of carbonyl (C=O) groups excluding carboxylic acids is 1. The van der Waals surface area contributed by atoms with Crippen LogP contribution in [-0.2, 0) is 10.2 Å². The first-order chi connectivity index (χ1) is 9.64. The van der Waals surface area contributed by atoms with Crippen molar-refractivity contribution in [3.8, 4) is 5.75 Å². The minimum absolute atomic E-state index is 0.0381. The molecule has 2 fully saturated rings. The van der Waals surface area contributed by atoms with E-state index in [1.165, 1.54) is 5.56 Å². The summed E-state index contributed by atoms with van der Waals surface area (Å²) < 4.78 is 5.37. The molecule has 1 heterocycles. The molecule has 3 nitrogen and oxygen atoms in total. The van der Waals surface area contributed by atoms with Crippen LogP contribution in [0, 0.1) is 5.92 Å². The molecule has 1 aliphatic heterocycles. The molecule has 1 saturated heterocycles. The number of Topliss-reactive ketones (excluding diaryl/α,β-unsaturated/α-hetero) is 1. The maximum absolute atomic E-state index is 12.1. The molecule has 2 aliphatic rings. The molecule has 1 saturated carbocycles. The molecule has 1 aliphatic carbocycles. The van der Waals surface area contributed by atoms with E-state index >= 15 is 0 Å². The van der Waals surface area contributed by atoms with E-state index in [0.29, 0.717) is 18.1 Å². The predicted molar refractivity (Wildman–Crippen MR) is 79.1 cm³/mol. The number of hydrogen-bond donors (Lipinski definition) is 0. The number of fused-ring (bicyclic) bond motifs is 1. The normalized spacial score (nSPS) is 30.9. The molecule has 0 spiro atoms. The van der Waals surface area contributed by atoms with Gasteiger partial charge in [0, 0.05) is 24.8 Å². The van der Waals surface area contributed by atoms with Gasteiger partial charge in [0.2, 0.25) is 0 Å². The summed E-state index contributed by atoms with van der Waals surface area (Å²) in [5.74, 6) is 1.91. The minimum Gasteiger partial charge on any atom is -0.497 e. The summed E-state index contributed by atoms with van der Waals surface area (Å²) in [4.78, 5) is 14.5. The fourth-order valence-electron chi connectivity index (χ4n) is 4.03. The number of benzene rings is 1. The first-order valence-electron chi connectivity index (χ1n) is 7.49. The van der Waals surface area contributed by atoms with Crippen molar-refractivity contribution in [3.63, 3.8) is 0 Å². The third-order valence-corrected chi connectivity index (χ3v) is 5.18. The van der Waals surface area contributed by atoms with Gasteiger partial charge >= 0.3 is 0 Å². The van der Waals surface area contributed by atoms with Crippen LogP contribution in [0.1, 0.15) is 31.2 Å². The molecule has 0 amide bonds. The van der Waals surface area contributed by atoms with Gasteiger partial charge in [-0.2, -0.15) is 0 Å². The van der Waals surface area contributed by atoms with Gasteiger partial charge in [-0.05, 0) is 50.0 Å². The second-order valence-corrected chi connectivity index (χ2v) is 6.35. The maximum Gasteiger partial charge on any atom is 0.133 e. The van der Waals surface area contributed by atoms with Crippen LogP contribution in [0.5, 0.6) is 5.75 Å². The van der Waals surface area contributed by atoms with Crippen molar-refractivity contribution >= 4 is 5.78 Å². The number of methoxy groups -OCH3 is 1. The second-order valence-electron chi connectivity index (χ2n) is 6.35. The van der Waals surface area contributed by atoms with E-state index < -0.39 is 0 Å². The van der Waals surface area contributed by atoms with Crippen LogP contribution in [0.3, 0.4) is 0 Å². The highest BCUT2D eigenvalue weighted by molar-refractivity contribution is 5.81. The third-order valence-electron chi connectivity index (χ3n) is 5.18. The molecular weight excluding hydrogens is 250 g/mol. The Balaban J connectivity index is 2.01. The van der Waals surface area contributed by atoms with Gasteiger partial charge in [-0.15, -0.1) is 0 Å². The standard InChI is InChI=1S/C17H23NO2/c1-18-9-8-17(11-15(19)7-6-14(17)12-18)13-4-3-5-16(10-13)20-2/h3-5,10,14H,6-9,11-12H2,1-2H3/t14-,17+/m0/s1. The quantitative estimate of drug-likeness (QED) is 0.829. The lowest BCUT2D eigenvalue weighted by Crippen LogP contribution is -2.52. The molecule has 3 heteroatoms. The monoisotopic (exact) mass is 273 g/mol. The van der Waals surface area contributed by atoms with E-state index in [1.807, 2.05) is 6.07 Å². The second kappa shape index (κ2) is 5.21.